The zero-order chi connectivity index (χ0) is 15.3. The maximum atomic E-state index is 13.0. The summed E-state index contributed by atoms with van der Waals surface area (Å²) in [6.45, 7) is 1.96. The lowest BCUT2D eigenvalue weighted by Crippen LogP contribution is -2.29. The quantitative estimate of drug-likeness (QED) is 0.810. The van der Waals surface area contributed by atoms with Crippen molar-refractivity contribution in [3.05, 3.63) is 30.3 Å². The van der Waals surface area contributed by atoms with E-state index in [-0.39, 0.29) is 17.2 Å². The van der Waals surface area contributed by atoms with Crippen molar-refractivity contribution < 1.29 is 17.5 Å². The molecular formula is C14H22NO4PS. The zero-order valence-electron chi connectivity index (χ0n) is 12.2. The summed E-state index contributed by atoms with van der Waals surface area (Å²) in [6.07, 6.45) is 4.53. The molecule has 1 unspecified atom stereocenters. The Morgan fingerprint density at radius 1 is 1.19 bits per heavy atom. The molecule has 0 saturated heterocycles. The molecular weight excluding hydrogens is 309 g/mol. The van der Waals surface area contributed by atoms with Crippen molar-refractivity contribution in [3.8, 4) is 0 Å². The van der Waals surface area contributed by atoms with Gasteiger partial charge in [-0.1, -0.05) is 37.5 Å². The van der Waals surface area contributed by atoms with Crippen LogP contribution in [0.1, 0.15) is 39.0 Å². The molecule has 0 aromatic heterocycles. The summed E-state index contributed by atoms with van der Waals surface area (Å²) < 4.78 is 45.6. The van der Waals surface area contributed by atoms with Gasteiger partial charge >= 0.3 is 0 Å². The van der Waals surface area contributed by atoms with Crippen LogP contribution in [0.25, 0.3) is 0 Å². The lowest BCUT2D eigenvalue weighted by Gasteiger charge is -2.30. The molecule has 7 heteroatoms. The highest BCUT2D eigenvalue weighted by molar-refractivity contribution is 7.95. The molecule has 1 aromatic carbocycles. The van der Waals surface area contributed by atoms with Gasteiger partial charge in [-0.2, -0.15) is 0 Å². The first kappa shape index (κ1) is 16.7. The first-order valence-corrected chi connectivity index (χ1v) is 10.5. The minimum Gasteiger partial charge on any atom is -0.317 e. The third-order valence-corrected chi connectivity index (χ3v) is 8.67. The Labute approximate surface area is 126 Å². The molecule has 118 valence electrons. The van der Waals surface area contributed by atoms with E-state index < -0.39 is 17.5 Å². The smallest absolute Gasteiger partial charge is 0.286 e. The maximum Gasteiger partial charge on any atom is 0.286 e. The largest absolute Gasteiger partial charge is 0.317 e. The number of hydrogen-bond donors (Lipinski definition) is 1. The molecule has 0 heterocycles. The van der Waals surface area contributed by atoms with Crippen molar-refractivity contribution in [3.63, 3.8) is 0 Å². The van der Waals surface area contributed by atoms with E-state index in [0.717, 1.165) is 32.1 Å². The second-order valence-corrected chi connectivity index (χ2v) is 9.61. The van der Waals surface area contributed by atoms with E-state index in [4.69, 9.17) is 4.52 Å². The highest BCUT2D eigenvalue weighted by atomic mass is 32.2. The van der Waals surface area contributed by atoms with Crippen molar-refractivity contribution in [1.82, 2.24) is 4.49 Å². The Morgan fingerprint density at radius 2 is 1.81 bits per heavy atom. The van der Waals surface area contributed by atoms with Gasteiger partial charge in [0, 0.05) is 0 Å². The van der Waals surface area contributed by atoms with Crippen LogP contribution >= 0.6 is 7.52 Å². The molecule has 1 atom stereocenters. The van der Waals surface area contributed by atoms with Crippen LogP contribution in [0.2, 0.25) is 0 Å². The molecule has 1 aliphatic rings. The Morgan fingerprint density at radius 3 is 2.38 bits per heavy atom. The summed E-state index contributed by atoms with van der Waals surface area (Å²) in [5, 5.41) is 0. The van der Waals surface area contributed by atoms with Gasteiger partial charge < -0.3 is 4.52 Å². The standard InChI is InChI=1S/C14H22NO4PS/c1-2-19-20(16,13-9-5-3-6-10-13)15-21(17,18)14-11-7-4-8-12-14/h4,7-8,11-13H,2-3,5-6,9-10H2,1H3,(H,15,16). The van der Waals surface area contributed by atoms with E-state index in [1.54, 1.807) is 25.1 Å². The molecule has 1 fully saturated rings. The molecule has 0 radical (unpaired) electrons. The van der Waals surface area contributed by atoms with Gasteiger partial charge in [0.2, 0.25) is 10.0 Å². The van der Waals surface area contributed by atoms with Crippen molar-refractivity contribution in [2.24, 2.45) is 0 Å². The third-order valence-electron chi connectivity index (χ3n) is 3.68. The highest BCUT2D eigenvalue weighted by Crippen LogP contribution is 2.54. The van der Waals surface area contributed by atoms with Crippen molar-refractivity contribution in [2.45, 2.75) is 49.6 Å². The maximum absolute atomic E-state index is 13.0. The van der Waals surface area contributed by atoms with Crippen LogP contribution in [-0.2, 0) is 19.1 Å². The van der Waals surface area contributed by atoms with E-state index >= 15 is 0 Å². The second kappa shape index (κ2) is 7.05. The van der Waals surface area contributed by atoms with Crippen LogP contribution in [-0.4, -0.2) is 20.7 Å². The van der Waals surface area contributed by atoms with Gasteiger partial charge in [-0.05, 0) is 31.9 Å². The molecule has 1 aliphatic carbocycles. The summed E-state index contributed by atoms with van der Waals surface area (Å²) in [4.78, 5) is 0.112. The molecule has 0 aliphatic heterocycles. The zero-order valence-corrected chi connectivity index (χ0v) is 13.9. The van der Waals surface area contributed by atoms with Crippen LogP contribution in [0.4, 0.5) is 0 Å². The Hall–Kier alpha value is -0.680. The van der Waals surface area contributed by atoms with Crippen molar-refractivity contribution in [2.75, 3.05) is 6.61 Å². The molecule has 0 bridgehead atoms. The molecule has 1 N–H and O–H groups in total. The highest BCUT2D eigenvalue weighted by Gasteiger charge is 2.39. The van der Waals surface area contributed by atoms with Crippen LogP contribution in [0.3, 0.4) is 0 Å². The topological polar surface area (TPSA) is 72.5 Å². The minimum absolute atomic E-state index is 0.112. The van der Waals surface area contributed by atoms with Gasteiger partial charge in [0.15, 0.2) is 0 Å². The van der Waals surface area contributed by atoms with Crippen LogP contribution in [0.5, 0.6) is 0 Å². The molecule has 0 spiro atoms. The Kier molecular flexibility index (Phi) is 5.60. The second-order valence-electron chi connectivity index (χ2n) is 5.21. The predicted molar refractivity (Wildman–Crippen MR) is 82.9 cm³/mol. The summed E-state index contributed by atoms with van der Waals surface area (Å²) in [6, 6.07) is 7.99. The first-order valence-electron chi connectivity index (χ1n) is 7.31. The van der Waals surface area contributed by atoms with E-state index in [9.17, 15) is 13.0 Å². The molecule has 1 aromatic rings. The number of benzene rings is 1. The monoisotopic (exact) mass is 331 g/mol. The average molecular weight is 331 g/mol. The fourth-order valence-electron chi connectivity index (χ4n) is 2.64. The Balaban J connectivity index is 2.25. The number of hydrogen-bond acceptors (Lipinski definition) is 4. The molecule has 1 saturated carbocycles. The van der Waals surface area contributed by atoms with Crippen LogP contribution in [0.15, 0.2) is 35.2 Å². The lowest BCUT2D eigenvalue weighted by atomic mass is 10.0. The average Bonchev–Trinajstić information content (AvgIpc) is 2.49. The van der Waals surface area contributed by atoms with Crippen LogP contribution in [0, 0.1) is 0 Å². The van der Waals surface area contributed by atoms with Gasteiger partial charge in [0.1, 0.15) is 0 Å². The summed E-state index contributed by atoms with van der Waals surface area (Å²) in [5.74, 6) is 0. The Bertz CT molecular complexity index is 597. The fraction of sp³-hybridized carbons (Fsp3) is 0.571. The molecule has 2 rings (SSSR count). The molecule has 21 heavy (non-hydrogen) atoms. The van der Waals surface area contributed by atoms with Gasteiger partial charge in [0.25, 0.3) is 7.52 Å². The SMILES string of the molecule is CCOP(=O)(NS(=O)(=O)c1ccccc1)C1CCCCC1. The van der Waals surface area contributed by atoms with Crippen LogP contribution < -0.4 is 4.49 Å². The molecule has 0 amide bonds. The minimum atomic E-state index is -3.83. The van der Waals surface area contributed by atoms with Gasteiger partial charge in [-0.15, -0.1) is 4.49 Å². The predicted octanol–water partition coefficient (Wildman–Crippen LogP) is 3.53. The van der Waals surface area contributed by atoms with Gasteiger partial charge in [0.05, 0.1) is 17.2 Å². The van der Waals surface area contributed by atoms with E-state index in [1.165, 1.54) is 12.1 Å². The van der Waals surface area contributed by atoms with Crippen molar-refractivity contribution in [1.29, 1.82) is 0 Å². The molecule has 5 nitrogen and oxygen atoms in total. The van der Waals surface area contributed by atoms with E-state index in [2.05, 4.69) is 4.49 Å². The van der Waals surface area contributed by atoms with E-state index in [0.29, 0.717) is 0 Å². The normalized spacial score (nSPS) is 20.0. The lowest BCUT2D eigenvalue weighted by molar-refractivity contribution is 0.311. The third kappa shape index (κ3) is 4.16. The fourth-order valence-corrected chi connectivity index (χ4v) is 7.36. The summed E-state index contributed by atoms with van der Waals surface area (Å²) in [5.41, 5.74) is -0.218. The summed E-state index contributed by atoms with van der Waals surface area (Å²) in [7, 11) is -7.25. The number of nitrogens with one attached hydrogen (secondary N) is 1. The van der Waals surface area contributed by atoms with E-state index in [1.807, 2.05) is 0 Å². The summed E-state index contributed by atoms with van der Waals surface area (Å²) >= 11 is 0. The van der Waals surface area contributed by atoms with Gasteiger partial charge in [-0.25, -0.2) is 8.42 Å². The van der Waals surface area contributed by atoms with Crippen molar-refractivity contribution >= 4 is 17.5 Å². The first-order chi connectivity index (χ1) is 9.98. The number of sulfonamides is 1. The number of rotatable bonds is 6. The van der Waals surface area contributed by atoms with Gasteiger partial charge in [-0.3, -0.25) is 4.57 Å².